The summed E-state index contributed by atoms with van der Waals surface area (Å²) >= 11 is 0. The fourth-order valence-electron chi connectivity index (χ4n) is 4.10. The molecule has 0 saturated carbocycles. The number of rotatable bonds is 12. The highest BCUT2D eigenvalue weighted by Crippen LogP contribution is 2.27. The third kappa shape index (κ3) is 7.22. The van der Waals surface area contributed by atoms with Crippen LogP contribution in [0.25, 0.3) is 0 Å². The molecule has 194 valence electrons. The van der Waals surface area contributed by atoms with Gasteiger partial charge in [0.1, 0.15) is 17.6 Å². The molecule has 0 aromatic heterocycles. The molecule has 0 spiro atoms. The van der Waals surface area contributed by atoms with Crippen molar-refractivity contribution in [3.8, 4) is 5.75 Å². The molecule has 1 heterocycles. The summed E-state index contributed by atoms with van der Waals surface area (Å²) in [4.78, 5) is 13.9. The van der Waals surface area contributed by atoms with Gasteiger partial charge in [-0.05, 0) is 73.7 Å². The molecule has 3 rings (SSSR count). The predicted octanol–water partition coefficient (Wildman–Crippen LogP) is 2.12. The minimum atomic E-state index is -4.02. The first-order chi connectivity index (χ1) is 17.1. The van der Waals surface area contributed by atoms with Gasteiger partial charge in [0.2, 0.25) is 10.0 Å². The Morgan fingerprint density at radius 3 is 2.33 bits per heavy atom. The molecular weight excluding hydrogens is 482 g/mol. The fraction of sp³-hybridized carbons (Fsp3) is 0.360. The van der Waals surface area contributed by atoms with Crippen molar-refractivity contribution in [3.05, 3.63) is 66.4 Å². The first-order valence-electron chi connectivity index (χ1n) is 11.6. The minimum Gasteiger partial charge on any atom is -0.497 e. The molecule has 0 radical (unpaired) electrons. The lowest BCUT2D eigenvalue weighted by Crippen LogP contribution is -2.47. The lowest BCUT2D eigenvalue weighted by molar-refractivity contribution is -0.138. The van der Waals surface area contributed by atoms with Crippen molar-refractivity contribution < 1.29 is 23.1 Å². The summed E-state index contributed by atoms with van der Waals surface area (Å²) in [6.45, 7) is 5.64. The smallest absolute Gasteiger partial charge is 0.323 e. The summed E-state index contributed by atoms with van der Waals surface area (Å²) in [6, 6.07) is 12.0. The maximum atomic E-state index is 12.6. The number of sulfonamides is 1. The molecule has 11 heteroatoms. The van der Waals surface area contributed by atoms with Crippen LogP contribution in [0.4, 0.5) is 5.69 Å². The summed E-state index contributed by atoms with van der Waals surface area (Å²) in [6.07, 6.45) is 2.57. The Morgan fingerprint density at radius 1 is 1.19 bits per heavy atom. The van der Waals surface area contributed by atoms with Gasteiger partial charge in [0.05, 0.1) is 12.0 Å². The molecule has 1 unspecified atom stereocenters. The number of nitrogen functional groups attached to an aromatic ring is 1. The van der Waals surface area contributed by atoms with E-state index < -0.39 is 22.0 Å². The second-order valence-corrected chi connectivity index (χ2v) is 10.5. The van der Waals surface area contributed by atoms with E-state index in [-0.39, 0.29) is 17.3 Å². The average Bonchev–Trinajstić information content (AvgIpc) is 2.87. The van der Waals surface area contributed by atoms with E-state index in [1.807, 2.05) is 24.3 Å². The molecule has 6 N–H and O–H groups in total. The van der Waals surface area contributed by atoms with E-state index in [4.69, 9.17) is 15.9 Å². The molecule has 0 bridgehead atoms. The SMILES string of the molecule is C=C(CC1CCN(c2ccc(C(=N)N)cc2)CC1)NCC(NS(=O)(=O)c1ccc(OC)cc1)C(=O)O. The molecule has 1 aliphatic heterocycles. The third-order valence-corrected chi connectivity index (χ3v) is 7.70. The van der Waals surface area contributed by atoms with E-state index in [9.17, 15) is 18.3 Å². The molecular formula is C25H33N5O5S. The molecule has 0 aliphatic carbocycles. The molecule has 10 nitrogen and oxygen atoms in total. The van der Waals surface area contributed by atoms with E-state index in [0.717, 1.165) is 31.6 Å². The summed E-state index contributed by atoms with van der Waals surface area (Å²) in [5, 5.41) is 20.0. The van der Waals surface area contributed by atoms with Gasteiger partial charge in [-0.25, -0.2) is 8.42 Å². The van der Waals surface area contributed by atoms with E-state index in [1.54, 1.807) is 0 Å². The molecule has 1 saturated heterocycles. The number of benzene rings is 2. The van der Waals surface area contributed by atoms with Crippen LogP contribution in [0.15, 0.2) is 65.7 Å². The van der Waals surface area contributed by atoms with E-state index >= 15 is 0 Å². The van der Waals surface area contributed by atoms with Gasteiger partial charge in [0.15, 0.2) is 0 Å². The number of carboxylic acids is 1. The first-order valence-corrected chi connectivity index (χ1v) is 13.1. The lowest BCUT2D eigenvalue weighted by Gasteiger charge is -2.34. The Kier molecular flexibility index (Phi) is 8.94. The van der Waals surface area contributed by atoms with E-state index in [2.05, 4.69) is 21.5 Å². The number of hydrogen-bond acceptors (Lipinski definition) is 7. The molecule has 1 atom stereocenters. The van der Waals surface area contributed by atoms with Crippen molar-refractivity contribution in [3.63, 3.8) is 0 Å². The zero-order valence-electron chi connectivity index (χ0n) is 20.2. The Labute approximate surface area is 211 Å². The monoisotopic (exact) mass is 515 g/mol. The number of nitrogens with one attached hydrogen (secondary N) is 3. The van der Waals surface area contributed by atoms with Crippen LogP contribution in [-0.2, 0) is 14.8 Å². The van der Waals surface area contributed by atoms with Gasteiger partial charge in [-0.15, -0.1) is 0 Å². The third-order valence-electron chi connectivity index (χ3n) is 6.21. The first kappa shape index (κ1) is 27.0. The average molecular weight is 516 g/mol. The van der Waals surface area contributed by atoms with E-state index in [1.165, 1.54) is 31.4 Å². The minimum absolute atomic E-state index is 0.0453. The van der Waals surface area contributed by atoms with E-state index in [0.29, 0.717) is 29.3 Å². The highest BCUT2D eigenvalue weighted by molar-refractivity contribution is 7.89. The van der Waals surface area contributed by atoms with Crippen molar-refractivity contribution in [2.75, 3.05) is 31.6 Å². The van der Waals surface area contributed by atoms with Gasteiger partial charge < -0.3 is 25.8 Å². The molecule has 2 aromatic carbocycles. The zero-order valence-corrected chi connectivity index (χ0v) is 21.1. The van der Waals surface area contributed by atoms with Crippen LogP contribution in [0.1, 0.15) is 24.8 Å². The number of piperidine rings is 1. The molecule has 36 heavy (non-hydrogen) atoms. The summed E-state index contributed by atoms with van der Waals surface area (Å²) in [5.41, 5.74) is 7.98. The zero-order chi connectivity index (χ0) is 26.3. The number of carboxylic acid groups (broad SMARTS) is 1. The number of methoxy groups -OCH3 is 1. The van der Waals surface area contributed by atoms with Crippen LogP contribution in [0, 0.1) is 11.3 Å². The maximum absolute atomic E-state index is 12.6. The van der Waals surface area contributed by atoms with Crippen molar-refractivity contribution in [1.82, 2.24) is 10.0 Å². The molecule has 2 aromatic rings. The number of hydrogen-bond donors (Lipinski definition) is 5. The maximum Gasteiger partial charge on any atom is 0.323 e. The van der Waals surface area contributed by atoms with Gasteiger partial charge in [0.25, 0.3) is 0 Å². The fourth-order valence-corrected chi connectivity index (χ4v) is 5.29. The van der Waals surface area contributed by atoms with Crippen LogP contribution in [0.5, 0.6) is 5.75 Å². The number of nitrogens with zero attached hydrogens (tertiary/aromatic N) is 1. The highest BCUT2D eigenvalue weighted by Gasteiger charge is 2.26. The number of allylic oxidation sites excluding steroid dienone is 1. The van der Waals surface area contributed by atoms with Crippen molar-refractivity contribution in [1.29, 1.82) is 5.41 Å². The van der Waals surface area contributed by atoms with Crippen molar-refractivity contribution >= 4 is 27.5 Å². The quantitative estimate of drug-likeness (QED) is 0.212. The van der Waals surface area contributed by atoms with Crippen LogP contribution in [0.2, 0.25) is 0 Å². The van der Waals surface area contributed by atoms with Gasteiger partial charge >= 0.3 is 5.97 Å². The standard InChI is InChI=1S/C25H33N5O5S/c1-17(15-18-11-13-30(14-12-18)20-5-3-19(4-6-20)24(26)27)28-16-23(25(31)32)29-36(33,34)22-9-7-21(35-2)8-10-22/h3-10,18,23,28-29H,1,11-16H2,2H3,(H3,26,27)(H,31,32). The topological polar surface area (TPSA) is 158 Å². The Morgan fingerprint density at radius 2 is 1.81 bits per heavy atom. The predicted molar refractivity (Wildman–Crippen MR) is 139 cm³/mol. The normalized spacial score (nSPS) is 15.2. The second-order valence-electron chi connectivity index (χ2n) is 8.77. The Bertz CT molecular complexity index is 1170. The van der Waals surface area contributed by atoms with Crippen LogP contribution >= 0.6 is 0 Å². The number of carbonyl (C=O) groups is 1. The Balaban J connectivity index is 1.48. The van der Waals surface area contributed by atoms with Crippen molar-refractivity contribution in [2.24, 2.45) is 11.7 Å². The largest absolute Gasteiger partial charge is 0.497 e. The number of nitrogens with two attached hydrogens (primary N) is 1. The number of aliphatic carboxylic acids is 1. The van der Waals surface area contributed by atoms with Crippen LogP contribution in [0.3, 0.4) is 0 Å². The Hall–Kier alpha value is -3.57. The highest BCUT2D eigenvalue weighted by atomic mass is 32.2. The van der Waals surface area contributed by atoms with Crippen molar-refractivity contribution in [2.45, 2.75) is 30.2 Å². The summed E-state index contributed by atoms with van der Waals surface area (Å²) in [5.74, 6) is -0.350. The molecule has 1 fully saturated rings. The van der Waals surface area contributed by atoms with Gasteiger partial charge in [-0.3, -0.25) is 10.2 Å². The van der Waals surface area contributed by atoms with Crippen LogP contribution < -0.4 is 25.4 Å². The van der Waals surface area contributed by atoms with Gasteiger partial charge in [0, 0.05) is 36.6 Å². The molecule has 1 aliphatic rings. The number of anilines is 1. The van der Waals surface area contributed by atoms with Gasteiger partial charge in [-0.2, -0.15) is 4.72 Å². The second kappa shape index (κ2) is 11.9. The number of amidine groups is 1. The summed E-state index contributed by atoms with van der Waals surface area (Å²) in [7, 11) is -2.55. The van der Waals surface area contributed by atoms with Crippen LogP contribution in [-0.4, -0.2) is 58.1 Å². The lowest BCUT2D eigenvalue weighted by atomic mass is 9.92. The number of ether oxygens (including phenoxy) is 1. The molecule has 0 amide bonds. The van der Waals surface area contributed by atoms with Gasteiger partial charge in [-0.1, -0.05) is 6.58 Å². The summed E-state index contributed by atoms with van der Waals surface area (Å²) < 4.78 is 32.5.